The average molecular weight is 303 g/mol. The van der Waals surface area contributed by atoms with Crippen molar-refractivity contribution in [3.63, 3.8) is 0 Å². The molecule has 0 amide bonds. The summed E-state index contributed by atoms with van der Waals surface area (Å²) in [6.07, 6.45) is 14.1. The minimum Gasteiger partial charge on any atom is -0.393 e. The summed E-state index contributed by atoms with van der Waals surface area (Å²) in [6.45, 7) is 9.30. The van der Waals surface area contributed by atoms with Crippen molar-refractivity contribution in [2.75, 3.05) is 0 Å². The minimum atomic E-state index is -0.0138. The first-order valence-corrected chi connectivity index (χ1v) is 9.79. The standard InChI is InChI=1S/C21H34O/c1-4-14-6-8-18-17-7-5-15-13-16(22)9-11-21(15,3)19(17)10-12-20(14,18)2/h4,14-19,22H,1,5-13H2,2-3H3/t14-,15?,16?,17-,18-,19-,20+,21-/m0/s1. The fourth-order valence-corrected chi connectivity index (χ4v) is 7.66. The van der Waals surface area contributed by atoms with E-state index in [9.17, 15) is 5.11 Å². The molecular formula is C21H34O. The predicted octanol–water partition coefficient (Wildman–Crippen LogP) is 5.19. The SMILES string of the molecule is C=C[C@H]1CC[C@H]2[C@@H]3CCC4CC(O)CC[C@]4(C)[C@H]3CC[C@]12C. The van der Waals surface area contributed by atoms with Crippen LogP contribution in [0.5, 0.6) is 0 Å². The summed E-state index contributed by atoms with van der Waals surface area (Å²) in [7, 11) is 0. The van der Waals surface area contributed by atoms with Crippen LogP contribution >= 0.6 is 0 Å². The molecule has 0 aromatic heterocycles. The summed E-state index contributed by atoms with van der Waals surface area (Å²) in [5, 5.41) is 10.1. The zero-order chi connectivity index (χ0) is 15.5. The molecule has 124 valence electrons. The van der Waals surface area contributed by atoms with Gasteiger partial charge in [-0.3, -0.25) is 0 Å². The monoisotopic (exact) mass is 302 g/mol. The van der Waals surface area contributed by atoms with Crippen LogP contribution in [-0.4, -0.2) is 11.2 Å². The molecule has 0 aliphatic heterocycles. The predicted molar refractivity (Wildman–Crippen MR) is 91.4 cm³/mol. The maximum absolute atomic E-state index is 10.1. The molecule has 1 heteroatoms. The van der Waals surface area contributed by atoms with Crippen molar-refractivity contribution >= 4 is 0 Å². The van der Waals surface area contributed by atoms with E-state index in [1.807, 2.05) is 0 Å². The Labute approximate surface area is 136 Å². The van der Waals surface area contributed by atoms with Gasteiger partial charge in [0.05, 0.1) is 6.10 Å². The zero-order valence-corrected chi connectivity index (χ0v) is 14.6. The normalized spacial score (nSPS) is 57.6. The van der Waals surface area contributed by atoms with Gasteiger partial charge in [-0.1, -0.05) is 19.9 Å². The Bertz CT molecular complexity index is 457. The van der Waals surface area contributed by atoms with Crippen molar-refractivity contribution < 1.29 is 5.11 Å². The topological polar surface area (TPSA) is 20.2 Å². The molecule has 4 fully saturated rings. The number of fused-ring (bicyclic) bond motifs is 5. The lowest BCUT2D eigenvalue weighted by molar-refractivity contribution is -0.124. The second kappa shape index (κ2) is 5.10. The van der Waals surface area contributed by atoms with Gasteiger partial charge in [0.1, 0.15) is 0 Å². The van der Waals surface area contributed by atoms with Crippen molar-refractivity contribution in [3.05, 3.63) is 12.7 Å². The number of aliphatic hydroxyl groups excluding tert-OH is 1. The van der Waals surface area contributed by atoms with Gasteiger partial charge in [0, 0.05) is 0 Å². The summed E-state index contributed by atoms with van der Waals surface area (Å²) < 4.78 is 0. The molecule has 0 saturated heterocycles. The second-order valence-electron chi connectivity index (χ2n) is 9.55. The van der Waals surface area contributed by atoms with Gasteiger partial charge in [-0.25, -0.2) is 0 Å². The Morgan fingerprint density at radius 3 is 2.41 bits per heavy atom. The number of aliphatic hydroxyl groups is 1. The summed E-state index contributed by atoms with van der Waals surface area (Å²) in [5.41, 5.74) is 1.07. The lowest BCUT2D eigenvalue weighted by Crippen LogP contribution is -2.53. The molecule has 0 radical (unpaired) electrons. The number of hydrogen-bond acceptors (Lipinski definition) is 1. The van der Waals surface area contributed by atoms with Gasteiger partial charge < -0.3 is 5.11 Å². The molecule has 8 atom stereocenters. The maximum Gasteiger partial charge on any atom is 0.0543 e. The van der Waals surface area contributed by atoms with Gasteiger partial charge in [-0.2, -0.15) is 0 Å². The number of hydrogen-bond donors (Lipinski definition) is 1. The van der Waals surface area contributed by atoms with E-state index in [-0.39, 0.29) is 6.10 Å². The van der Waals surface area contributed by atoms with Crippen molar-refractivity contribution in [1.29, 1.82) is 0 Å². The van der Waals surface area contributed by atoms with Crippen LogP contribution in [0.4, 0.5) is 0 Å². The van der Waals surface area contributed by atoms with Crippen LogP contribution in [0.25, 0.3) is 0 Å². The van der Waals surface area contributed by atoms with Crippen LogP contribution < -0.4 is 0 Å². The highest BCUT2D eigenvalue weighted by atomic mass is 16.3. The first-order valence-electron chi connectivity index (χ1n) is 9.79. The van der Waals surface area contributed by atoms with E-state index in [4.69, 9.17) is 0 Å². The van der Waals surface area contributed by atoms with E-state index in [2.05, 4.69) is 26.5 Å². The molecular weight excluding hydrogens is 268 g/mol. The first-order chi connectivity index (χ1) is 10.5. The van der Waals surface area contributed by atoms with Gasteiger partial charge in [-0.05, 0) is 98.2 Å². The first kappa shape index (κ1) is 15.2. The molecule has 4 aliphatic carbocycles. The Hall–Kier alpha value is -0.300. The van der Waals surface area contributed by atoms with Gasteiger partial charge in [0.2, 0.25) is 0 Å². The molecule has 1 nitrogen and oxygen atoms in total. The number of rotatable bonds is 1. The van der Waals surface area contributed by atoms with E-state index >= 15 is 0 Å². The molecule has 0 spiro atoms. The summed E-state index contributed by atoms with van der Waals surface area (Å²) in [5.74, 6) is 4.38. The third kappa shape index (κ3) is 1.93. The summed E-state index contributed by atoms with van der Waals surface area (Å²) >= 11 is 0. The average Bonchev–Trinajstić information content (AvgIpc) is 2.84. The van der Waals surface area contributed by atoms with Gasteiger partial charge in [-0.15, -0.1) is 6.58 Å². The quantitative estimate of drug-likeness (QED) is 0.661. The van der Waals surface area contributed by atoms with Gasteiger partial charge in [0.15, 0.2) is 0 Å². The van der Waals surface area contributed by atoms with Crippen molar-refractivity contribution in [1.82, 2.24) is 0 Å². The fourth-order valence-electron chi connectivity index (χ4n) is 7.66. The van der Waals surface area contributed by atoms with E-state index in [0.717, 1.165) is 42.4 Å². The molecule has 0 bridgehead atoms. The van der Waals surface area contributed by atoms with E-state index in [0.29, 0.717) is 10.8 Å². The highest BCUT2D eigenvalue weighted by Gasteiger charge is 2.59. The lowest BCUT2D eigenvalue weighted by atomic mass is 9.44. The van der Waals surface area contributed by atoms with Gasteiger partial charge >= 0.3 is 0 Å². The Kier molecular flexibility index (Phi) is 3.53. The molecule has 0 aromatic carbocycles. The Balaban J connectivity index is 1.62. The van der Waals surface area contributed by atoms with Crippen molar-refractivity contribution in [2.45, 2.75) is 77.7 Å². The second-order valence-corrected chi connectivity index (χ2v) is 9.55. The highest BCUT2D eigenvalue weighted by Crippen LogP contribution is 2.67. The fraction of sp³-hybridized carbons (Fsp3) is 0.905. The molecule has 0 heterocycles. The van der Waals surface area contributed by atoms with Crippen LogP contribution in [-0.2, 0) is 0 Å². The lowest BCUT2D eigenvalue weighted by Gasteiger charge is -2.60. The third-order valence-corrected chi connectivity index (χ3v) is 9.00. The summed E-state index contributed by atoms with van der Waals surface area (Å²) in [6, 6.07) is 0. The van der Waals surface area contributed by atoms with Crippen molar-refractivity contribution in [2.24, 2.45) is 40.4 Å². The van der Waals surface area contributed by atoms with Crippen molar-refractivity contribution in [3.8, 4) is 0 Å². The Morgan fingerprint density at radius 1 is 0.909 bits per heavy atom. The van der Waals surface area contributed by atoms with Gasteiger partial charge in [0.25, 0.3) is 0 Å². The van der Waals surface area contributed by atoms with Crippen LogP contribution in [0.1, 0.15) is 71.6 Å². The molecule has 2 unspecified atom stereocenters. The molecule has 4 aliphatic rings. The van der Waals surface area contributed by atoms with E-state index in [1.165, 1.54) is 44.9 Å². The third-order valence-electron chi connectivity index (χ3n) is 9.00. The maximum atomic E-state index is 10.1. The van der Waals surface area contributed by atoms with E-state index in [1.54, 1.807) is 0 Å². The van der Waals surface area contributed by atoms with Crippen LogP contribution in [0.3, 0.4) is 0 Å². The van der Waals surface area contributed by atoms with Crippen LogP contribution in [0.2, 0.25) is 0 Å². The smallest absolute Gasteiger partial charge is 0.0543 e. The highest BCUT2D eigenvalue weighted by molar-refractivity contribution is 5.11. The molecule has 1 N–H and O–H groups in total. The Morgan fingerprint density at radius 2 is 1.64 bits per heavy atom. The van der Waals surface area contributed by atoms with E-state index < -0.39 is 0 Å². The minimum absolute atomic E-state index is 0.0138. The molecule has 0 aromatic rings. The number of allylic oxidation sites excluding steroid dienone is 1. The largest absolute Gasteiger partial charge is 0.393 e. The zero-order valence-electron chi connectivity index (χ0n) is 14.6. The molecule has 22 heavy (non-hydrogen) atoms. The molecule has 4 saturated carbocycles. The van der Waals surface area contributed by atoms with Crippen LogP contribution in [0.15, 0.2) is 12.7 Å². The summed E-state index contributed by atoms with van der Waals surface area (Å²) in [4.78, 5) is 0. The molecule has 4 rings (SSSR count). The van der Waals surface area contributed by atoms with Crippen LogP contribution in [0, 0.1) is 40.4 Å².